The maximum absolute atomic E-state index is 13.1. The van der Waals surface area contributed by atoms with E-state index in [0.29, 0.717) is 27.4 Å². The van der Waals surface area contributed by atoms with Gasteiger partial charge in [-0.05, 0) is 35.7 Å². The van der Waals surface area contributed by atoms with Crippen molar-refractivity contribution in [2.24, 2.45) is 0 Å². The molecule has 7 heteroatoms. The van der Waals surface area contributed by atoms with E-state index in [1.165, 1.54) is 16.2 Å². The highest BCUT2D eigenvalue weighted by Gasteiger charge is 2.35. The Bertz CT molecular complexity index is 1040. The lowest BCUT2D eigenvalue weighted by atomic mass is 10.1. The van der Waals surface area contributed by atoms with Gasteiger partial charge in [-0.2, -0.15) is 0 Å². The third-order valence-electron chi connectivity index (χ3n) is 4.77. The van der Waals surface area contributed by atoms with Gasteiger partial charge in [-0.25, -0.2) is 0 Å². The fraction of sp³-hybridized carbons (Fsp3) is 0.136. The molecule has 0 aliphatic carbocycles. The number of amides is 3. The van der Waals surface area contributed by atoms with E-state index in [9.17, 15) is 14.4 Å². The average molecular weight is 406 g/mol. The molecule has 4 rings (SSSR count). The highest BCUT2D eigenvalue weighted by atomic mass is 32.1. The van der Waals surface area contributed by atoms with Gasteiger partial charge in [0, 0.05) is 24.8 Å². The highest BCUT2D eigenvalue weighted by molar-refractivity contribution is 7.12. The van der Waals surface area contributed by atoms with E-state index in [4.69, 9.17) is 4.74 Å². The quantitative estimate of drug-likeness (QED) is 0.586. The van der Waals surface area contributed by atoms with Gasteiger partial charge in [-0.1, -0.05) is 24.3 Å². The monoisotopic (exact) mass is 406 g/mol. The number of anilines is 1. The number of benzene rings is 2. The molecule has 2 aromatic carbocycles. The zero-order valence-corrected chi connectivity index (χ0v) is 16.5. The molecule has 1 aliphatic rings. The lowest BCUT2D eigenvalue weighted by Crippen LogP contribution is -2.40. The molecule has 0 bridgehead atoms. The van der Waals surface area contributed by atoms with Crippen LogP contribution in [0, 0.1) is 0 Å². The summed E-state index contributed by atoms with van der Waals surface area (Å²) in [7, 11) is 1.56. The molecule has 3 amide bonds. The van der Waals surface area contributed by atoms with E-state index < -0.39 is 0 Å². The summed E-state index contributed by atoms with van der Waals surface area (Å²) in [5.74, 6) is -0.239. The first-order valence-electron chi connectivity index (χ1n) is 9.05. The molecule has 0 spiro atoms. The van der Waals surface area contributed by atoms with Gasteiger partial charge < -0.3 is 9.64 Å². The lowest BCUT2D eigenvalue weighted by Gasteiger charge is -2.25. The van der Waals surface area contributed by atoms with Crippen LogP contribution in [0.2, 0.25) is 0 Å². The number of imide groups is 1. The van der Waals surface area contributed by atoms with Crippen LogP contribution in [0.4, 0.5) is 5.69 Å². The number of ether oxygens (including phenoxy) is 1. The summed E-state index contributed by atoms with van der Waals surface area (Å²) in [4.78, 5) is 41.7. The number of hydrogen-bond acceptors (Lipinski definition) is 5. The zero-order valence-electron chi connectivity index (χ0n) is 15.7. The summed E-state index contributed by atoms with van der Waals surface area (Å²) in [6.07, 6.45) is 0. The van der Waals surface area contributed by atoms with Gasteiger partial charge in [0.25, 0.3) is 17.7 Å². The van der Waals surface area contributed by atoms with E-state index in [1.54, 1.807) is 66.6 Å². The van der Waals surface area contributed by atoms with Crippen molar-refractivity contribution in [1.82, 2.24) is 4.90 Å². The molecule has 0 radical (unpaired) electrons. The summed E-state index contributed by atoms with van der Waals surface area (Å²) >= 11 is 1.34. The summed E-state index contributed by atoms with van der Waals surface area (Å²) in [5, 5.41) is 1.83. The number of rotatable bonds is 6. The number of fused-ring (bicyclic) bond motifs is 1. The van der Waals surface area contributed by atoms with Crippen molar-refractivity contribution in [3.8, 4) is 5.75 Å². The Morgan fingerprint density at radius 3 is 2.34 bits per heavy atom. The Hall–Kier alpha value is -3.45. The van der Waals surface area contributed by atoms with Gasteiger partial charge in [0.2, 0.25) is 0 Å². The first kappa shape index (κ1) is 18.9. The fourth-order valence-electron chi connectivity index (χ4n) is 3.30. The Labute approximate surface area is 171 Å². The Morgan fingerprint density at radius 1 is 1.00 bits per heavy atom. The number of hydrogen-bond donors (Lipinski definition) is 0. The van der Waals surface area contributed by atoms with E-state index in [2.05, 4.69) is 0 Å². The van der Waals surface area contributed by atoms with Crippen molar-refractivity contribution in [1.29, 1.82) is 0 Å². The summed E-state index contributed by atoms with van der Waals surface area (Å²) < 4.78 is 5.28. The standard InChI is InChI=1S/C22H18N2O4S/c1-28-16-7-4-6-15(14-16)23(22(27)19-10-5-13-29-19)11-12-24-20(25)17-8-2-3-9-18(17)21(24)26/h2-10,13-14H,11-12H2,1H3. The normalized spacial score (nSPS) is 12.8. The van der Waals surface area contributed by atoms with Crippen molar-refractivity contribution < 1.29 is 19.1 Å². The van der Waals surface area contributed by atoms with Crippen LogP contribution in [-0.4, -0.2) is 42.8 Å². The molecule has 0 unspecified atom stereocenters. The van der Waals surface area contributed by atoms with E-state index in [0.717, 1.165) is 0 Å². The van der Waals surface area contributed by atoms with E-state index in [-0.39, 0.29) is 30.8 Å². The number of carbonyl (C=O) groups excluding carboxylic acids is 3. The molecule has 3 aromatic rings. The molecule has 0 N–H and O–H groups in total. The van der Waals surface area contributed by atoms with Crippen molar-refractivity contribution in [3.63, 3.8) is 0 Å². The molecule has 146 valence electrons. The van der Waals surface area contributed by atoms with Gasteiger partial charge in [0.05, 0.1) is 23.1 Å². The van der Waals surface area contributed by atoms with E-state index >= 15 is 0 Å². The molecule has 0 saturated carbocycles. The second kappa shape index (κ2) is 7.89. The second-order valence-electron chi connectivity index (χ2n) is 6.44. The Morgan fingerprint density at radius 2 is 1.72 bits per heavy atom. The van der Waals surface area contributed by atoms with Crippen LogP contribution >= 0.6 is 11.3 Å². The molecule has 0 fully saturated rings. The third-order valence-corrected chi connectivity index (χ3v) is 5.63. The first-order chi connectivity index (χ1) is 14.1. The number of carbonyl (C=O) groups is 3. The van der Waals surface area contributed by atoms with Crippen LogP contribution in [0.3, 0.4) is 0 Å². The lowest BCUT2D eigenvalue weighted by molar-refractivity contribution is 0.0654. The molecular weight excluding hydrogens is 388 g/mol. The van der Waals surface area contributed by atoms with Gasteiger partial charge in [-0.15, -0.1) is 11.3 Å². The van der Waals surface area contributed by atoms with E-state index in [1.807, 2.05) is 11.4 Å². The minimum Gasteiger partial charge on any atom is -0.497 e. The molecular formula is C22H18N2O4S. The van der Waals surface area contributed by atoms with Crippen LogP contribution < -0.4 is 9.64 Å². The number of methoxy groups -OCH3 is 1. The van der Waals surface area contributed by atoms with Gasteiger partial charge in [0.15, 0.2) is 0 Å². The average Bonchev–Trinajstić information content (AvgIpc) is 3.37. The maximum Gasteiger partial charge on any atom is 0.268 e. The van der Waals surface area contributed by atoms with Crippen LogP contribution in [-0.2, 0) is 0 Å². The molecule has 29 heavy (non-hydrogen) atoms. The predicted octanol–water partition coefficient (Wildman–Crippen LogP) is 3.70. The second-order valence-corrected chi connectivity index (χ2v) is 7.39. The molecule has 2 heterocycles. The largest absolute Gasteiger partial charge is 0.497 e. The molecule has 1 aliphatic heterocycles. The topological polar surface area (TPSA) is 66.9 Å². The van der Waals surface area contributed by atoms with Gasteiger partial charge >= 0.3 is 0 Å². The number of nitrogens with zero attached hydrogens (tertiary/aromatic N) is 2. The van der Waals surface area contributed by atoms with Crippen molar-refractivity contribution >= 4 is 34.7 Å². The van der Waals surface area contributed by atoms with Gasteiger partial charge in [-0.3, -0.25) is 19.3 Å². The van der Waals surface area contributed by atoms with Crippen molar-refractivity contribution in [2.45, 2.75) is 0 Å². The highest BCUT2D eigenvalue weighted by Crippen LogP contribution is 2.26. The van der Waals surface area contributed by atoms with Crippen molar-refractivity contribution in [2.75, 3.05) is 25.1 Å². The smallest absolute Gasteiger partial charge is 0.268 e. The fourth-order valence-corrected chi connectivity index (χ4v) is 3.97. The molecule has 0 atom stereocenters. The zero-order chi connectivity index (χ0) is 20.4. The number of thiophene rings is 1. The van der Waals surface area contributed by atoms with Crippen LogP contribution in [0.25, 0.3) is 0 Å². The molecule has 6 nitrogen and oxygen atoms in total. The minimum absolute atomic E-state index is 0.0979. The summed E-state index contributed by atoms with van der Waals surface area (Å²) in [5.41, 5.74) is 1.43. The Balaban J connectivity index is 1.60. The molecule has 1 aromatic heterocycles. The van der Waals surface area contributed by atoms with Crippen LogP contribution in [0.5, 0.6) is 5.75 Å². The van der Waals surface area contributed by atoms with Gasteiger partial charge in [0.1, 0.15) is 5.75 Å². The SMILES string of the molecule is COc1cccc(N(CCN2C(=O)c3ccccc3C2=O)C(=O)c2cccs2)c1. The maximum atomic E-state index is 13.1. The Kier molecular flexibility index (Phi) is 5.14. The molecule has 0 saturated heterocycles. The predicted molar refractivity (Wildman–Crippen MR) is 111 cm³/mol. The van der Waals surface area contributed by atoms with Crippen LogP contribution in [0.1, 0.15) is 30.4 Å². The first-order valence-corrected chi connectivity index (χ1v) is 9.93. The summed E-state index contributed by atoms with van der Waals surface area (Å²) in [6, 6.07) is 17.5. The van der Waals surface area contributed by atoms with Crippen LogP contribution in [0.15, 0.2) is 66.0 Å². The third kappa shape index (κ3) is 3.52. The minimum atomic E-state index is -0.334. The van der Waals surface area contributed by atoms with Crippen molar-refractivity contribution in [3.05, 3.63) is 82.0 Å². The summed E-state index contributed by atoms with van der Waals surface area (Å²) in [6.45, 7) is 0.274.